The summed E-state index contributed by atoms with van der Waals surface area (Å²) in [6.45, 7) is 3.86. The zero-order valence-corrected chi connectivity index (χ0v) is 23.3. The van der Waals surface area contributed by atoms with Gasteiger partial charge in [-0.3, -0.25) is 9.69 Å². The third-order valence-electron chi connectivity index (χ3n) is 7.50. The van der Waals surface area contributed by atoms with Crippen molar-refractivity contribution in [2.24, 2.45) is 0 Å². The van der Waals surface area contributed by atoms with Crippen LogP contribution in [0.15, 0.2) is 54.9 Å². The number of methoxy groups -OCH3 is 1. The van der Waals surface area contributed by atoms with Crippen LogP contribution in [0, 0.1) is 0 Å². The van der Waals surface area contributed by atoms with Gasteiger partial charge in [0.05, 0.1) is 23.9 Å². The van der Waals surface area contributed by atoms with E-state index in [1.54, 1.807) is 24.3 Å². The molecule has 1 aliphatic rings. The number of aromatic nitrogens is 2. The summed E-state index contributed by atoms with van der Waals surface area (Å²) >= 11 is 0. The molecule has 0 atom stereocenters. The summed E-state index contributed by atoms with van der Waals surface area (Å²) in [6.07, 6.45) is -1.46. The Balaban J connectivity index is 1.52. The van der Waals surface area contributed by atoms with Gasteiger partial charge in [-0.15, -0.1) is 0 Å². The molecule has 2 aromatic carbocycles. The number of anilines is 1. The molecular weight excluding hydrogens is 533 g/mol. The summed E-state index contributed by atoms with van der Waals surface area (Å²) < 4.78 is 48.0. The largest absolute Gasteiger partial charge is 0.496 e. The third kappa shape index (κ3) is 5.86. The maximum atomic E-state index is 14.2. The number of rotatable bonds is 7. The number of benzene rings is 2. The predicted molar refractivity (Wildman–Crippen MR) is 154 cm³/mol. The second kappa shape index (κ2) is 11.4. The molecule has 0 unspecified atom stereocenters. The molecule has 0 radical (unpaired) electrons. The van der Waals surface area contributed by atoms with Crippen LogP contribution in [-0.2, 0) is 6.18 Å². The highest BCUT2D eigenvalue weighted by molar-refractivity contribution is 6.02. The van der Waals surface area contributed by atoms with Gasteiger partial charge in [-0.05, 0) is 43.9 Å². The molecule has 0 spiro atoms. The zero-order valence-electron chi connectivity index (χ0n) is 23.3. The van der Waals surface area contributed by atoms with Gasteiger partial charge in [0.1, 0.15) is 11.4 Å². The van der Waals surface area contributed by atoms with Crippen molar-refractivity contribution in [2.45, 2.75) is 6.18 Å². The fourth-order valence-corrected chi connectivity index (χ4v) is 5.17. The minimum atomic E-state index is -4.74. The van der Waals surface area contributed by atoms with Gasteiger partial charge in [0, 0.05) is 73.7 Å². The zero-order chi connectivity index (χ0) is 29.3. The summed E-state index contributed by atoms with van der Waals surface area (Å²) in [7, 11) is 5.57. The quantitative estimate of drug-likeness (QED) is 0.312. The molecule has 1 fully saturated rings. The van der Waals surface area contributed by atoms with Crippen LogP contribution in [0.1, 0.15) is 15.9 Å². The molecule has 0 bridgehead atoms. The number of halogens is 3. The number of alkyl halides is 3. The maximum Gasteiger partial charge on any atom is 0.418 e. The van der Waals surface area contributed by atoms with Gasteiger partial charge in [-0.1, -0.05) is 18.2 Å². The Morgan fingerprint density at radius 3 is 2.49 bits per heavy atom. The Bertz CT molecular complexity index is 1560. The predicted octanol–water partition coefficient (Wildman–Crippen LogP) is 4.83. The summed E-state index contributed by atoms with van der Waals surface area (Å²) in [5.41, 5.74) is 7.08. The second-order valence-electron chi connectivity index (χ2n) is 10.4. The Morgan fingerprint density at radius 2 is 1.80 bits per heavy atom. The number of hydrogen-bond acceptors (Lipinski definition) is 6. The Labute approximate surface area is 236 Å². The average molecular weight is 567 g/mol. The SMILES string of the molecule is COc1ccccc1-c1c[nH]c2ncc(-c3cc(C(=O)N4CCN(CCN(C)C)CC4)c(N)c(C(F)(F)F)c3)cc12. The number of H-pyrrole nitrogens is 1. The molecule has 216 valence electrons. The number of aromatic amines is 1. The first-order valence-corrected chi connectivity index (χ1v) is 13.3. The molecular formula is C30H33F3N6O2. The van der Waals surface area contributed by atoms with Crippen molar-refractivity contribution in [3.63, 3.8) is 0 Å². The average Bonchev–Trinajstić information content (AvgIpc) is 3.38. The van der Waals surface area contributed by atoms with Gasteiger partial charge in [0.15, 0.2) is 0 Å². The van der Waals surface area contributed by atoms with Crippen molar-refractivity contribution in [3.05, 3.63) is 66.0 Å². The molecule has 11 heteroatoms. The highest BCUT2D eigenvalue weighted by Crippen LogP contribution is 2.40. The summed E-state index contributed by atoms with van der Waals surface area (Å²) in [6, 6.07) is 11.7. The number of carbonyl (C=O) groups excluding carboxylic acids is 1. The molecule has 1 aliphatic heterocycles. The summed E-state index contributed by atoms with van der Waals surface area (Å²) in [5.74, 6) is 0.146. The van der Waals surface area contributed by atoms with Gasteiger partial charge in [-0.25, -0.2) is 4.98 Å². The second-order valence-corrected chi connectivity index (χ2v) is 10.4. The van der Waals surface area contributed by atoms with E-state index in [1.807, 2.05) is 38.4 Å². The molecule has 0 aliphatic carbocycles. The highest BCUT2D eigenvalue weighted by Gasteiger charge is 2.36. The van der Waals surface area contributed by atoms with Gasteiger partial charge in [0.2, 0.25) is 0 Å². The third-order valence-corrected chi connectivity index (χ3v) is 7.50. The van der Waals surface area contributed by atoms with Crippen LogP contribution in [0.4, 0.5) is 18.9 Å². The fourth-order valence-electron chi connectivity index (χ4n) is 5.17. The van der Waals surface area contributed by atoms with Gasteiger partial charge >= 0.3 is 6.18 Å². The van der Waals surface area contributed by atoms with Gasteiger partial charge < -0.3 is 25.3 Å². The number of nitrogen functional groups attached to an aromatic ring is 1. The van der Waals surface area contributed by atoms with Crippen LogP contribution >= 0.6 is 0 Å². The van der Waals surface area contributed by atoms with E-state index in [1.165, 1.54) is 12.3 Å². The van der Waals surface area contributed by atoms with Crippen molar-refractivity contribution in [3.8, 4) is 28.0 Å². The lowest BCUT2D eigenvalue weighted by molar-refractivity contribution is -0.136. The topological polar surface area (TPSA) is 90.7 Å². The molecule has 2 aromatic heterocycles. The number of hydrogen-bond donors (Lipinski definition) is 2. The van der Waals surface area contributed by atoms with Crippen LogP contribution in [0.5, 0.6) is 5.75 Å². The molecule has 4 aromatic rings. The normalized spacial score (nSPS) is 14.7. The number of fused-ring (bicyclic) bond motifs is 1. The Morgan fingerprint density at radius 1 is 1.07 bits per heavy atom. The van der Waals surface area contributed by atoms with Crippen molar-refractivity contribution in [1.29, 1.82) is 0 Å². The molecule has 8 nitrogen and oxygen atoms in total. The number of likely N-dealkylation sites (N-methyl/N-ethyl adjacent to an activating group) is 1. The minimum Gasteiger partial charge on any atom is -0.496 e. The first kappa shape index (κ1) is 28.4. The van der Waals surface area contributed by atoms with Crippen LogP contribution in [-0.4, -0.2) is 91.0 Å². The van der Waals surface area contributed by atoms with E-state index in [-0.39, 0.29) is 11.1 Å². The van der Waals surface area contributed by atoms with Gasteiger partial charge in [0.25, 0.3) is 5.91 Å². The maximum absolute atomic E-state index is 14.2. The molecule has 0 saturated carbocycles. The first-order chi connectivity index (χ1) is 19.6. The van der Waals surface area contributed by atoms with Crippen LogP contribution < -0.4 is 10.5 Å². The molecule has 1 saturated heterocycles. The Kier molecular flexibility index (Phi) is 7.92. The van der Waals surface area contributed by atoms with Crippen LogP contribution in [0.25, 0.3) is 33.3 Å². The molecule has 5 rings (SSSR count). The van der Waals surface area contributed by atoms with E-state index in [4.69, 9.17) is 10.5 Å². The number of pyridine rings is 1. The summed E-state index contributed by atoms with van der Waals surface area (Å²) in [4.78, 5) is 27.0. The van der Waals surface area contributed by atoms with Crippen molar-refractivity contribution in [2.75, 3.05) is 66.2 Å². The fraction of sp³-hybridized carbons (Fsp3) is 0.333. The number of nitrogens with zero attached hydrogens (tertiary/aromatic N) is 4. The lowest BCUT2D eigenvalue weighted by Gasteiger charge is -2.35. The molecule has 41 heavy (non-hydrogen) atoms. The molecule has 1 amide bonds. The number of nitrogens with one attached hydrogen (secondary N) is 1. The van der Waals surface area contributed by atoms with Crippen molar-refractivity contribution < 1.29 is 22.7 Å². The van der Waals surface area contributed by atoms with E-state index in [2.05, 4.69) is 19.8 Å². The van der Waals surface area contributed by atoms with E-state index >= 15 is 0 Å². The Hall–Kier alpha value is -4.09. The summed E-state index contributed by atoms with van der Waals surface area (Å²) in [5, 5.41) is 0.708. The lowest BCUT2D eigenvalue weighted by Crippen LogP contribution is -2.50. The number of amides is 1. The van der Waals surface area contributed by atoms with E-state index < -0.39 is 23.3 Å². The standard InChI is InChI=1S/C30H33F3N6O2/c1-37(2)8-9-38-10-12-39(13-11-38)29(40)23-14-19(16-25(27(23)34)30(31,32)33)20-15-22-24(18-36-28(22)35-17-20)21-6-4-5-7-26(21)41-3/h4-7,14-18H,8-13,34H2,1-3H3,(H,35,36). The van der Waals surface area contributed by atoms with Crippen LogP contribution in [0.2, 0.25) is 0 Å². The number of para-hydroxylation sites is 1. The number of carbonyl (C=O) groups is 1. The minimum absolute atomic E-state index is 0.157. The van der Waals surface area contributed by atoms with Crippen molar-refractivity contribution in [1.82, 2.24) is 24.7 Å². The lowest BCUT2D eigenvalue weighted by atomic mass is 9.96. The highest BCUT2D eigenvalue weighted by atomic mass is 19.4. The number of ether oxygens (including phenoxy) is 1. The number of nitrogens with two attached hydrogens (primary N) is 1. The van der Waals surface area contributed by atoms with E-state index in [0.29, 0.717) is 48.5 Å². The number of piperazine rings is 1. The van der Waals surface area contributed by atoms with E-state index in [0.717, 1.165) is 30.3 Å². The van der Waals surface area contributed by atoms with Crippen molar-refractivity contribution >= 4 is 22.6 Å². The first-order valence-electron chi connectivity index (χ1n) is 13.3. The van der Waals surface area contributed by atoms with E-state index in [9.17, 15) is 18.0 Å². The monoisotopic (exact) mass is 566 g/mol. The van der Waals surface area contributed by atoms with Gasteiger partial charge in [-0.2, -0.15) is 13.2 Å². The van der Waals surface area contributed by atoms with Crippen LogP contribution in [0.3, 0.4) is 0 Å². The molecule has 3 heterocycles. The molecule has 3 N–H and O–H groups in total. The smallest absolute Gasteiger partial charge is 0.418 e.